The van der Waals surface area contributed by atoms with Gasteiger partial charge in [0.05, 0.1) is 6.10 Å². The van der Waals surface area contributed by atoms with Crippen LogP contribution in [0, 0.1) is 0 Å². The SMILES string of the molecule is CCCC=CC=CC(O)=C1C(=O)NC(C(C)O)C1=O. The third-order valence-corrected chi connectivity index (χ3v) is 2.74. The van der Waals surface area contributed by atoms with Crippen LogP contribution in [-0.4, -0.2) is 34.0 Å². The van der Waals surface area contributed by atoms with Crippen molar-refractivity contribution in [1.82, 2.24) is 5.32 Å². The van der Waals surface area contributed by atoms with Gasteiger partial charge >= 0.3 is 0 Å². The first-order valence-corrected chi connectivity index (χ1v) is 6.28. The van der Waals surface area contributed by atoms with Gasteiger partial charge in [0.2, 0.25) is 0 Å². The van der Waals surface area contributed by atoms with Crippen molar-refractivity contribution >= 4 is 11.7 Å². The van der Waals surface area contributed by atoms with E-state index in [0.29, 0.717) is 0 Å². The number of carbonyl (C=O) groups excluding carboxylic acids is 2. The molecule has 1 aliphatic rings. The van der Waals surface area contributed by atoms with Crippen molar-refractivity contribution in [3.05, 3.63) is 35.6 Å². The molecular weight excluding hydrogens is 246 g/mol. The van der Waals surface area contributed by atoms with Crippen LogP contribution in [0.3, 0.4) is 0 Å². The van der Waals surface area contributed by atoms with E-state index in [0.717, 1.165) is 12.8 Å². The van der Waals surface area contributed by atoms with Crippen molar-refractivity contribution < 1.29 is 19.8 Å². The summed E-state index contributed by atoms with van der Waals surface area (Å²) in [4.78, 5) is 23.4. The molecule has 0 aromatic heterocycles. The zero-order valence-corrected chi connectivity index (χ0v) is 11.1. The lowest BCUT2D eigenvalue weighted by Gasteiger charge is -2.09. The Morgan fingerprint density at radius 2 is 2.11 bits per heavy atom. The maximum atomic E-state index is 11.8. The van der Waals surface area contributed by atoms with Crippen molar-refractivity contribution in [3.8, 4) is 0 Å². The number of Topliss-reactive ketones (excluding diaryl/α,β-unsaturated/α-hetero) is 1. The Kier molecular flexibility index (Phi) is 5.51. The summed E-state index contributed by atoms with van der Waals surface area (Å²) in [6, 6.07) is -0.978. The second-order valence-corrected chi connectivity index (χ2v) is 4.39. The normalized spacial score (nSPS) is 24.3. The number of rotatable bonds is 5. The molecule has 1 amide bonds. The third kappa shape index (κ3) is 3.79. The molecule has 0 spiro atoms. The van der Waals surface area contributed by atoms with Crippen molar-refractivity contribution in [2.24, 2.45) is 0 Å². The average molecular weight is 265 g/mol. The lowest BCUT2D eigenvalue weighted by Crippen LogP contribution is -2.38. The van der Waals surface area contributed by atoms with Gasteiger partial charge in [-0.2, -0.15) is 0 Å². The van der Waals surface area contributed by atoms with E-state index in [1.807, 2.05) is 13.0 Å². The maximum absolute atomic E-state index is 11.8. The molecule has 19 heavy (non-hydrogen) atoms. The minimum atomic E-state index is -0.991. The van der Waals surface area contributed by atoms with Gasteiger partial charge in [0, 0.05) is 0 Å². The second-order valence-electron chi connectivity index (χ2n) is 4.39. The molecule has 0 aromatic carbocycles. The Balaban J connectivity index is 2.84. The first-order valence-electron chi connectivity index (χ1n) is 6.28. The maximum Gasteiger partial charge on any atom is 0.259 e. The van der Waals surface area contributed by atoms with E-state index in [1.165, 1.54) is 13.0 Å². The highest BCUT2D eigenvalue weighted by Gasteiger charge is 2.40. The number of unbranched alkanes of at least 4 members (excludes halogenated alkanes) is 1. The fourth-order valence-corrected chi connectivity index (χ4v) is 1.70. The molecule has 0 radical (unpaired) electrons. The first kappa shape index (κ1) is 15.2. The summed E-state index contributed by atoms with van der Waals surface area (Å²) >= 11 is 0. The quantitative estimate of drug-likeness (QED) is 0.301. The van der Waals surface area contributed by atoms with Crippen molar-refractivity contribution in [2.45, 2.75) is 38.8 Å². The molecule has 1 heterocycles. The number of carbonyl (C=O) groups is 2. The molecule has 2 atom stereocenters. The van der Waals surface area contributed by atoms with Crippen LogP contribution in [-0.2, 0) is 9.59 Å². The highest BCUT2D eigenvalue weighted by atomic mass is 16.3. The molecular formula is C14H19NO4. The summed E-state index contributed by atoms with van der Waals surface area (Å²) in [5, 5.41) is 21.4. The van der Waals surface area contributed by atoms with Gasteiger partial charge in [-0.15, -0.1) is 0 Å². The molecule has 0 bridgehead atoms. The smallest absolute Gasteiger partial charge is 0.259 e. The molecule has 1 aliphatic heterocycles. The van der Waals surface area contributed by atoms with Gasteiger partial charge in [-0.1, -0.05) is 31.6 Å². The fraction of sp³-hybridized carbons (Fsp3) is 0.429. The van der Waals surface area contributed by atoms with Gasteiger partial charge in [-0.25, -0.2) is 0 Å². The lowest BCUT2D eigenvalue weighted by atomic mass is 10.0. The van der Waals surface area contributed by atoms with Gasteiger partial charge in [0.15, 0.2) is 5.78 Å². The molecule has 2 unspecified atom stereocenters. The third-order valence-electron chi connectivity index (χ3n) is 2.74. The number of amides is 1. The van der Waals surface area contributed by atoms with E-state index >= 15 is 0 Å². The molecule has 3 N–H and O–H groups in total. The van der Waals surface area contributed by atoms with Gasteiger partial charge < -0.3 is 15.5 Å². The molecule has 1 rings (SSSR count). The highest BCUT2D eigenvalue weighted by molar-refractivity contribution is 6.27. The van der Waals surface area contributed by atoms with E-state index in [1.54, 1.807) is 12.2 Å². The Labute approximate surface area is 112 Å². The van der Waals surface area contributed by atoms with Crippen LogP contribution in [0.15, 0.2) is 35.6 Å². The first-order chi connectivity index (χ1) is 8.99. The summed E-state index contributed by atoms with van der Waals surface area (Å²) < 4.78 is 0. The van der Waals surface area contributed by atoms with Crippen LogP contribution in [0.25, 0.3) is 0 Å². The van der Waals surface area contributed by atoms with Crippen LogP contribution in [0.4, 0.5) is 0 Å². The zero-order chi connectivity index (χ0) is 14.4. The van der Waals surface area contributed by atoms with E-state index in [4.69, 9.17) is 0 Å². The number of hydrogen-bond donors (Lipinski definition) is 3. The summed E-state index contributed by atoms with van der Waals surface area (Å²) in [6.07, 6.45) is 7.47. The van der Waals surface area contributed by atoms with E-state index in [9.17, 15) is 19.8 Å². The Morgan fingerprint density at radius 3 is 2.63 bits per heavy atom. The Morgan fingerprint density at radius 1 is 1.42 bits per heavy atom. The topological polar surface area (TPSA) is 86.6 Å². The van der Waals surface area contributed by atoms with Crippen molar-refractivity contribution in [2.75, 3.05) is 0 Å². The molecule has 104 valence electrons. The number of ketones is 1. The van der Waals surface area contributed by atoms with Crippen LogP contribution in [0.1, 0.15) is 26.7 Å². The van der Waals surface area contributed by atoms with E-state index in [2.05, 4.69) is 5.32 Å². The monoisotopic (exact) mass is 265 g/mol. The van der Waals surface area contributed by atoms with Crippen molar-refractivity contribution in [1.29, 1.82) is 0 Å². The van der Waals surface area contributed by atoms with Crippen LogP contribution in [0.2, 0.25) is 0 Å². The van der Waals surface area contributed by atoms with Gasteiger partial charge in [-0.3, -0.25) is 9.59 Å². The second kappa shape index (κ2) is 6.89. The number of nitrogens with one attached hydrogen (secondary N) is 1. The van der Waals surface area contributed by atoms with Crippen LogP contribution >= 0.6 is 0 Å². The summed E-state index contributed by atoms with van der Waals surface area (Å²) in [6.45, 7) is 3.46. The van der Waals surface area contributed by atoms with E-state index < -0.39 is 23.8 Å². The minimum Gasteiger partial charge on any atom is -0.507 e. The van der Waals surface area contributed by atoms with Gasteiger partial charge in [0.1, 0.15) is 17.4 Å². The molecule has 0 aromatic rings. The molecule has 1 saturated heterocycles. The zero-order valence-electron chi connectivity index (χ0n) is 11.1. The number of allylic oxidation sites excluding steroid dienone is 4. The average Bonchev–Trinajstić information content (AvgIpc) is 2.64. The fourth-order valence-electron chi connectivity index (χ4n) is 1.70. The van der Waals surface area contributed by atoms with Gasteiger partial charge in [0.25, 0.3) is 5.91 Å². The summed E-state index contributed by atoms with van der Waals surface area (Å²) in [5.74, 6) is -1.62. The predicted molar refractivity (Wildman–Crippen MR) is 71.5 cm³/mol. The Bertz CT molecular complexity index is 446. The molecule has 5 nitrogen and oxygen atoms in total. The number of hydrogen-bond acceptors (Lipinski definition) is 4. The summed E-state index contributed by atoms with van der Waals surface area (Å²) in [7, 11) is 0. The lowest BCUT2D eigenvalue weighted by molar-refractivity contribution is -0.118. The summed E-state index contributed by atoms with van der Waals surface area (Å²) in [5.41, 5.74) is -0.300. The number of aliphatic hydroxyl groups excluding tert-OH is 2. The van der Waals surface area contributed by atoms with E-state index in [-0.39, 0.29) is 11.3 Å². The van der Waals surface area contributed by atoms with Crippen molar-refractivity contribution in [3.63, 3.8) is 0 Å². The van der Waals surface area contributed by atoms with Crippen LogP contribution in [0.5, 0.6) is 0 Å². The molecule has 0 aliphatic carbocycles. The highest BCUT2D eigenvalue weighted by Crippen LogP contribution is 2.16. The Hall–Kier alpha value is -1.88. The minimum absolute atomic E-state index is 0.300. The number of aliphatic hydroxyl groups is 2. The molecule has 0 saturated carbocycles. The van der Waals surface area contributed by atoms with Crippen LogP contribution < -0.4 is 5.32 Å². The predicted octanol–water partition coefficient (Wildman–Crippen LogP) is 1.16. The molecule has 1 fully saturated rings. The van der Waals surface area contributed by atoms with Gasteiger partial charge in [-0.05, 0) is 19.4 Å². The largest absolute Gasteiger partial charge is 0.507 e. The molecule has 5 heteroatoms. The standard InChI is InChI=1S/C14H19NO4/c1-3-4-5-6-7-8-10(17)11-13(18)12(9(2)16)15-14(11)19/h5-9,12,16-17H,3-4H2,1-2H3,(H,15,19).